The van der Waals surface area contributed by atoms with Crippen LogP contribution in [0.2, 0.25) is 0 Å². The van der Waals surface area contributed by atoms with Gasteiger partial charge in [-0.2, -0.15) is 0 Å². The first-order valence-corrected chi connectivity index (χ1v) is 4.60. The Morgan fingerprint density at radius 3 is 2.64 bits per heavy atom. The van der Waals surface area contributed by atoms with Crippen LogP contribution >= 0.6 is 0 Å². The van der Waals surface area contributed by atoms with Crippen molar-refractivity contribution in [3.63, 3.8) is 0 Å². The van der Waals surface area contributed by atoms with Crippen molar-refractivity contribution in [1.82, 2.24) is 10.2 Å². The Kier molecular flexibility index (Phi) is 1.69. The number of hydrogen-bond acceptors (Lipinski definition) is 2. The molecule has 0 bridgehead atoms. The van der Waals surface area contributed by atoms with Gasteiger partial charge >= 0.3 is 0 Å². The molecular formula is C9H18N2. The number of likely N-dealkylation sites (tertiary alicyclic amines) is 1. The molecule has 1 saturated carbocycles. The second kappa shape index (κ2) is 2.46. The lowest BCUT2D eigenvalue weighted by atomic mass is 9.78. The SMILES string of the molecule is CNC1CCC2(C1)CN(C)C2. The van der Waals surface area contributed by atoms with Gasteiger partial charge in [-0.05, 0) is 38.8 Å². The van der Waals surface area contributed by atoms with Crippen LogP contribution in [0.15, 0.2) is 0 Å². The fourth-order valence-corrected chi connectivity index (χ4v) is 2.84. The largest absolute Gasteiger partial charge is 0.317 e. The molecule has 2 heteroatoms. The first-order valence-electron chi connectivity index (χ1n) is 4.60. The Morgan fingerprint density at radius 2 is 2.18 bits per heavy atom. The van der Waals surface area contributed by atoms with E-state index < -0.39 is 0 Å². The van der Waals surface area contributed by atoms with Crippen molar-refractivity contribution in [1.29, 1.82) is 0 Å². The van der Waals surface area contributed by atoms with Gasteiger partial charge in [-0.15, -0.1) is 0 Å². The minimum atomic E-state index is 0.725. The van der Waals surface area contributed by atoms with Crippen LogP contribution in [0, 0.1) is 5.41 Å². The van der Waals surface area contributed by atoms with Crippen LogP contribution < -0.4 is 5.32 Å². The molecule has 1 aliphatic carbocycles. The Labute approximate surface area is 69.0 Å². The van der Waals surface area contributed by atoms with Crippen molar-refractivity contribution < 1.29 is 0 Å². The lowest BCUT2D eigenvalue weighted by Crippen LogP contribution is -2.53. The van der Waals surface area contributed by atoms with Gasteiger partial charge in [-0.3, -0.25) is 0 Å². The summed E-state index contributed by atoms with van der Waals surface area (Å²) in [5, 5.41) is 3.38. The van der Waals surface area contributed by atoms with Crippen molar-refractivity contribution in [2.45, 2.75) is 25.3 Å². The van der Waals surface area contributed by atoms with E-state index in [9.17, 15) is 0 Å². The van der Waals surface area contributed by atoms with Crippen LogP contribution in [0.5, 0.6) is 0 Å². The highest BCUT2D eigenvalue weighted by Crippen LogP contribution is 2.44. The van der Waals surface area contributed by atoms with Gasteiger partial charge in [0.05, 0.1) is 0 Å². The smallest absolute Gasteiger partial charge is 0.00705 e. The van der Waals surface area contributed by atoms with Crippen molar-refractivity contribution in [3.05, 3.63) is 0 Å². The molecule has 1 N–H and O–H groups in total. The molecule has 1 spiro atoms. The summed E-state index contributed by atoms with van der Waals surface area (Å²) in [5.74, 6) is 0. The van der Waals surface area contributed by atoms with E-state index in [0.717, 1.165) is 11.5 Å². The third kappa shape index (κ3) is 1.18. The molecule has 11 heavy (non-hydrogen) atoms. The van der Waals surface area contributed by atoms with Gasteiger partial charge in [0.15, 0.2) is 0 Å². The number of nitrogens with one attached hydrogen (secondary N) is 1. The van der Waals surface area contributed by atoms with Crippen LogP contribution in [-0.4, -0.2) is 38.1 Å². The summed E-state index contributed by atoms with van der Waals surface area (Å²) in [6.07, 6.45) is 4.25. The zero-order valence-corrected chi connectivity index (χ0v) is 7.56. The van der Waals surface area contributed by atoms with E-state index in [2.05, 4.69) is 24.3 Å². The molecule has 0 aromatic rings. The quantitative estimate of drug-likeness (QED) is 0.598. The second-order valence-corrected chi connectivity index (χ2v) is 4.40. The molecule has 1 heterocycles. The van der Waals surface area contributed by atoms with Gasteiger partial charge < -0.3 is 10.2 Å². The highest BCUT2D eigenvalue weighted by Gasteiger charge is 2.45. The standard InChI is InChI=1S/C9H18N2/c1-10-8-3-4-9(5-8)6-11(2)7-9/h8,10H,3-7H2,1-2H3. The molecule has 1 aliphatic heterocycles. The molecule has 64 valence electrons. The minimum Gasteiger partial charge on any atom is -0.317 e. The molecule has 1 saturated heterocycles. The summed E-state index contributed by atoms with van der Waals surface area (Å²) in [4.78, 5) is 2.43. The van der Waals surface area contributed by atoms with E-state index in [1.54, 1.807) is 0 Å². The van der Waals surface area contributed by atoms with Gasteiger partial charge in [-0.25, -0.2) is 0 Å². The van der Waals surface area contributed by atoms with Gasteiger partial charge in [0.25, 0.3) is 0 Å². The van der Waals surface area contributed by atoms with E-state index in [4.69, 9.17) is 0 Å². The summed E-state index contributed by atoms with van der Waals surface area (Å²) < 4.78 is 0. The van der Waals surface area contributed by atoms with E-state index in [1.807, 2.05) is 0 Å². The molecule has 2 fully saturated rings. The number of hydrogen-bond donors (Lipinski definition) is 1. The Morgan fingerprint density at radius 1 is 1.45 bits per heavy atom. The van der Waals surface area contributed by atoms with Gasteiger partial charge in [0, 0.05) is 19.1 Å². The number of rotatable bonds is 1. The van der Waals surface area contributed by atoms with Crippen molar-refractivity contribution in [2.24, 2.45) is 5.41 Å². The van der Waals surface area contributed by atoms with E-state index in [1.165, 1.54) is 32.4 Å². The third-order valence-electron chi connectivity index (χ3n) is 3.32. The molecular weight excluding hydrogens is 136 g/mol. The molecule has 0 aromatic carbocycles. The predicted octanol–water partition coefficient (Wildman–Crippen LogP) is 0.690. The first-order chi connectivity index (χ1) is 5.24. The van der Waals surface area contributed by atoms with E-state index >= 15 is 0 Å². The topological polar surface area (TPSA) is 15.3 Å². The molecule has 0 aromatic heterocycles. The van der Waals surface area contributed by atoms with E-state index in [-0.39, 0.29) is 0 Å². The first kappa shape index (κ1) is 7.56. The number of nitrogens with zero attached hydrogens (tertiary/aromatic N) is 1. The summed E-state index contributed by atoms with van der Waals surface area (Å²) >= 11 is 0. The highest BCUT2D eigenvalue weighted by atomic mass is 15.2. The van der Waals surface area contributed by atoms with Crippen molar-refractivity contribution in [3.8, 4) is 0 Å². The predicted molar refractivity (Wildman–Crippen MR) is 46.6 cm³/mol. The average Bonchev–Trinajstić information content (AvgIpc) is 2.31. The maximum atomic E-state index is 3.38. The fraction of sp³-hybridized carbons (Fsp3) is 1.00. The summed E-state index contributed by atoms with van der Waals surface area (Å²) in [6, 6.07) is 0.809. The zero-order chi connectivity index (χ0) is 7.90. The molecule has 1 atom stereocenters. The van der Waals surface area contributed by atoms with E-state index in [0.29, 0.717) is 0 Å². The summed E-state index contributed by atoms with van der Waals surface area (Å²) in [7, 11) is 4.31. The van der Waals surface area contributed by atoms with Crippen LogP contribution in [0.25, 0.3) is 0 Å². The summed E-state index contributed by atoms with van der Waals surface area (Å²) in [5.41, 5.74) is 0.725. The maximum absolute atomic E-state index is 3.38. The molecule has 0 radical (unpaired) electrons. The average molecular weight is 154 g/mol. The summed E-state index contributed by atoms with van der Waals surface area (Å²) in [6.45, 7) is 2.68. The maximum Gasteiger partial charge on any atom is 0.00705 e. The van der Waals surface area contributed by atoms with Gasteiger partial charge in [-0.1, -0.05) is 0 Å². The molecule has 2 nitrogen and oxygen atoms in total. The minimum absolute atomic E-state index is 0.725. The lowest BCUT2D eigenvalue weighted by molar-refractivity contribution is 0.0270. The second-order valence-electron chi connectivity index (χ2n) is 4.40. The molecule has 0 amide bonds. The molecule has 2 rings (SSSR count). The van der Waals surface area contributed by atoms with Gasteiger partial charge in [0.2, 0.25) is 0 Å². The third-order valence-corrected chi connectivity index (χ3v) is 3.32. The normalized spacial score (nSPS) is 36.0. The van der Waals surface area contributed by atoms with Gasteiger partial charge in [0.1, 0.15) is 0 Å². The van der Waals surface area contributed by atoms with Crippen LogP contribution in [0.4, 0.5) is 0 Å². The molecule has 1 unspecified atom stereocenters. The Bertz CT molecular complexity index is 150. The van der Waals surface area contributed by atoms with Crippen molar-refractivity contribution in [2.75, 3.05) is 27.2 Å². The van der Waals surface area contributed by atoms with Crippen LogP contribution in [0.3, 0.4) is 0 Å². The molecule has 2 aliphatic rings. The monoisotopic (exact) mass is 154 g/mol. The highest BCUT2D eigenvalue weighted by molar-refractivity contribution is 5.00. The zero-order valence-electron chi connectivity index (χ0n) is 7.56. The van der Waals surface area contributed by atoms with Crippen LogP contribution in [0.1, 0.15) is 19.3 Å². The Balaban J connectivity index is 1.89. The van der Waals surface area contributed by atoms with Crippen molar-refractivity contribution >= 4 is 0 Å². The van der Waals surface area contributed by atoms with Crippen LogP contribution in [-0.2, 0) is 0 Å². The lowest BCUT2D eigenvalue weighted by Gasteiger charge is -2.46. The Hall–Kier alpha value is -0.0800. The fourth-order valence-electron chi connectivity index (χ4n) is 2.84.